The summed E-state index contributed by atoms with van der Waals surface area (Å²) in [5, 5.41) is 6.63. The third-order valence-corrected chi connectivity index (χ3v) is 5.17. The van der Waals surface area contributed by atoms with Crippen LogP contribution in [-0.4, -0.2) is 58.5 Å². The van der Waals surface area contributed by atoms with Crippen LogP contribution in [0.4, 0.5) is 5.69 Å². The molecule has 8 heteroatoms. The zero-order chi connectivity index (χ0) is 18.1. The zero-order valence-corrected chi connectivity index (χ0v) is 15.4. The van der Waals surface area contributed by atoms with Crippen molar-refractivity contribution in [2.75, 3.05) is 37.7 Å². The largest absolute Gasteiger partial charge is 0.377 e. The Kier molecular flexibility index (Phi) is 4.78. The van der Waals surface area contributed by atoms with Gasteiger partial charge in [-0.2, -0.15) is 9.50 Å². The van der Waals surface area contributed by atoms with Gasteiger partial charge in [0.25, 0.3) is 11.3 Å². The third-order valence-electron chi connectivity index (χ3n) is 5.17. The maximum Gasteiger partial charge on any atom is 0.297 e. The van der Waals surface area contributed by atoms with Crippen molar-refractivity contribution < 1.29 is 6.16 Å². The Balaban J connectivity index is 0.00000210. The van der Waals surface area contributed by atoms with Gasteiger partial charge in [-0.25, -0.2) is 4.98 Å². The highest BCUT2D eigenvalue weighted by Gasteiger charge is 2.23. The van der Waals surface area contributed by atoms with Crippen LogP contribution in [-0.2, 0) is 11.2 Å². The Morgan fingerprint density at radius 1 is 1.38 bits per heavy atom. The molecule has 2 aliphatic rings. The number of fused-ring (bicyclic) bond motifs is 1. The molecule has 2 aromatic heterocycles. The summed E-state index contributed by atoms with van der Waals surface area (Å²) < 4.78 is 6.85. The number of nitrogens with zero attached hydrogens (tertiary/aromatic N) is 4. The number of ether oxygens (including phenoxy) is 1. The Morgan fingerprint density at radius 2 is 2.27 bits per heavy atom. The number of anilines is 1. The van der Waals surface area contributed by atoms with E-state index in [0.29, 0.717) is 43.0 Å². The fourth-order valence-electron chi connectivity index (χ4n) is 3.63. The first-order valence-corrected chi connectivity index (χ1v) is 9.44. The van der Waals surface area contributed by atoms with Crippen LogP contribution in [0.15, 0.2) is 10.9 Å². The van der Waals surface area contributed by atoms with Gasteiger partial charge in [-0.05, 0) is 31.8 Å². The summed E-state index contributed by atoms with van der Waals surface area (Å²) in [7, 11) is 0. The predicted molar refractivity (Wildman–Crippen MR) is 103 cm³/mol. The van der Waals surface area contributed by atoms with E-state index in [4.69, 9.17) is 9.72 Å². The predicted octanol–water partition coefficient (Wildman–Crippen LogP) is 1.22. The number of H-pyrrole nitrogens is 1. The highest BCUT2D eigenvalue weighted by molar-refractivity contribution is 5.62. The van der Waals surface area contributed by atoms with Crippen LogP contribution in [0.1, 0.15) is 39.6 Å². The van der Waals surface area contributed by atoms with Gasteiger partial charge in [-0.15, -0.1) is 0 Å². The van der Waals surface area contributed by atoms with Crippen LogP contribution >= 0.6 is 0 Å². The second-order valence-electron chi connectivity index (χ2n) is 6.96. The second-order valence-corrected chi connectivity index (χ2v) is 6.96. The summed E-state index contributed by atoms with van der Waals surface area (Å²) in [5.74, 6) is 1.16. The van der Waals surface area contributed by atoms with Crippen LogP contribution in [0.3, 0.4) is 0 Å². The SMILES string of the molecule is CCc1nc2nc(C3=CCOCC3)[nH]n2c(=O)c1N1CCN[C@H](C)CC1.[HH]. The summed E-state index contributed by atoms with van der Waals surface area (Å²) in [6, 6.07) is 0.462. The zero-order valence-electron chi connectivity index (χ0n) is 15.4. The third kappa shape index (κ3) is 3.14. The van der Waals surface area contributed by atoms with Crippen LogP contribution in [0, 0.1) is 0 Å². The molecule has 1 saturated heterocycles. The Bertz CT molecular complexity index is 890. The van der Waals surface area contributed by atoms with Crippen molar-refractivity contribution in [1.29, 1.82) is 0 Å². The quantitative estimate of drug-likeness (QED) is 0.856. The smallest absolute Gasteiger partial charge is 0.297 e. The first-order valence-electron chi connectivity index (χ1n) is 9.44. The monoisotopic (exact) mass is 360 g/mol. The van der Waals surface area contributed by atoms with Gasteiger partial charge < -0.3 is 15.0 Å². The minimum Gasteiger partial charge on any atom is -0.377 e. The van der Waals surface area contributed by atoms with Gasteiger partial charge in [-0.1, -0.05) is 13.0 Å². The minimum absolute atomic E-state index is 0. The Labute approximate surface area is 153 Å². The molecule has 1 atom stereocenters. The van der Waals surface area contributed by atoms with Crippen LogP contribution in [0.5, 0.6) is 0 Å². The summed E-state index contributed by atoms with van der Waals surface area (Å²) >= 11 is 0. The van der Waals surface area contributed by atoms with E-state index in [0.717, 1.165) is 43.7 Å². The molecule has 4 rings (SSSR count). The molecule has 0 bridgehead atoms. The van der Waals surface area contributed by atoms with Gasteiger partial charge in [0.05, 0.1) is 18.9 Å². The van der Waals surface area contributed by atoms with E-state index >= 15 is 0 Å². The van der Waals surface area contributed by atoms with Gasteiger partial charge in [0, 0.05) is 27.1 Å². The molecule has 0 spiro atoms. The first-order chi connectivity index (χ1) is 12.7. The summed E-state index contributed by atoms with van der Waals surface area (Å²) in [6.45, 7) is 8.01. The van der Waals surface area contributed by atoms with Crippen LogP contribution in [0.2, 0.25) is 0 Å². The van der Waals surface area contributed by atoms with E-state index in [1.807, 2.05) is 13.0 Å². The molecule has 26 heavy (non-hydrogen) atoms. The van der Waals surface area contributed by atoms with E-state index in [-0.39, 0.29) is 6.99 Å². The molecule has 8 nitrogen and oxygen atoms in total. The standard InChI is InChI=1S/C18H26N6O2.H2/c1-3-14-15(23-8-4-12(2)19-7-9-23)17(25)24-18(20-14)21-16(22-24)13-5-10-26-11-6-13;/h5,12,19H,3-4,6-11H2,1-2H3,(H,20,21,22);1H/t12-;/m1./s1. The lowest BCUT2D eigenvalue weighted by molar-refractivity contribution is 0.161. The molecule has 2 aromatic rings. The van der Waals surface area contributed by atoms with Crippen molar-refractivity contribution in [3.63, 3.8) is 0 Å². The van der Waals surface area contributed by atoms with E-state index in [1.54, 1.807) is 0 Å². The molecule has 4 heterocycles. The number of aryl methyl sites for hydroxylation is 1. The van der Waals surface area contributed by atoms with Crippen LogP contribution in [0.25, 0.3) is 11.4 Å². The number of rotatable bonds is 3. The van der Waals surface area contributed by atoms with Crippen LogP contribution < -0.4 is 15.8 Å². The van der Waals surface area contributed by atoms with Crippen molar-refractivity contribution in [3.8, 4) is 0 Å². The van der Waals surface area contributed by atoms with Gasteiger partial charge in [0.2, 0.25) is 0 Å². The van der Waals surface area contributed by atoms with Crippen molar-refractivity contribution in [3.05, 3.63) is 27.9 Å². The molecule has 2 aliphatic heterocycles. The number of hydrogen-bond acceptors (Lipinski definition) is 6. The average molecular weight is 360 g/mol. The highest BCUT2D eigenvalue weighted by Crippen LogP contribution is 2.20. The topological polar surface area (TPSA) is 87.5 Å². The van der Waals surface area contributed by atoms with E-state index in [2.05, 4.69) is 27.2 Å². The fourth-order valence-corrected chi connectivity index (χ4v) is 3.63. The molecule has 0 aliphatic carbocycles. The molecular formula is C18H28N6O2. The van der Waals surface area contributed by atoms with Gasteiger partial charge in [0.1, 0.15) is 5.69 Å². The molecular weight excluding hydrogens is 332 g/mol. The average Bonchev–Trinajstić information content (AvgIpc) is 2.99. The van der Waals surface area contributed by atoms with E-state index < -0.39 is 0 Å². The summed E-state index contributed by atoms with van der Waals surface area (Å²) in [5.41, 5.74) is 2.54. The number of nitrogens with one attached hydrogen (secondary N) is 2. The highest BCUT2D eigenvalue weighted by atomic mass is 16.5. The van der Waals surface area contributed by atoms with Gasteiger partial charge in [-0.3, -0.25) is 9.89 Å². The second kappa shape index (κ2) is 7.20. The molecule has 0 saturated carbocycles. The molecule has 0 amide bonds. The van der Waals surface area contributed by atoms with Crippen molar-refractivity contribution in [2.24, 2.45) is 0 Å². The van der Waals surface area contributed by atoms with E-state index in [1.165, 1.54) is 4.52 Å². The summed E-state index contributed by atoms with van der Waals surface area (Å²) in [4.78, 5) is 24.7. The molecule has 2 N–H and O–H groups in total. The summed E-state index contributed by atoms with van der Waals surface area (Å²) in [6.07, 6.45) is 4.51. The molecule has 0 radical (unpaired) electrons. The van der Waals surface area contributed by atoms with Crippen molar-refractivity contribution in [2.45, 2.75) is 39.2 Å². The van der Waals surface area contributed by atoms with Gasteiger partial charge in [0.15, 0.2) is 5.82 Å². The number of aromatic nitrogens is 4. The molecule has 0 aromatic carbocycles. The lowest BCUT2D eigenvalue weighted by Gasteiger charge is -2.23. The van der Waals surface area contributed by atoms with E-state index in [9.17, 15) is 4.79 Å². The minimum atomic E-state index is -0.0622. The lowest BCUT2D eigenvalue weighted by Crippen LogP contribution is -2.35. The fraction of sp³-hybridized carbons (Fsp3) is 0.611. The Morgan fingerprint density at radius 3 is 3.04 bits per heavy atom. The Hall–Kier alpha value is -2.19. The molecule has 0 unspecified atom stereocenters. The first kappa shape index (κ1) is 17.2. The lowest BCUT2D eigenvalue weighted by atomic mass is 10.1. The number of aromatic amines is 1. The van der Waals surface area contributed by atoms with Crippen molar-refractivity contribution >= 4 is 17.0 Å². The molecule has 1 fully saturated rings. The van der Waals surface area contributed by atoms with Gasteiger partial charge >= 0.3 is 0 Å². The maximum atomic E-state index is 13.2. The van der Waals surface area contributed by atoms with Crippen molar-refractivity contribution in [1.82, 2.24) is 24.9 Å². The molecule has 142 valence electrons. The number of hydrogen-bond donors (Lipinski definition) is 2. The maximum absolute atomic E-state index is 13.2. The normalized spacial score (nSPS) is 21.7.